The number of ether oxygens (including phenoxy) is 9. The van der Waals surface area contributed by atoms with Gasteiger partial charge in [-0.15, -0.1) is 20.4 Å². The van der Waals surface area contributed by atoms with Crippen molar-refractivity contribution in [1.29, 1.82) is 0 Å². The van der Waals surface area contributed by atoms with Crippen LogP contribution in [-0.4, -0.2) is 362 Å². The third-order valence-corrected chi connectivity index (χ3v) is 20.3. The van der Waals surface area contributed by atoms with Crippen molar-refractivity contribution >= 4 is 36.3 Å². The van der Waals surface area contributed by atoms with E-state index in [0.29, 0.717) is 151 Å². The third kappa shape index (κ3) is 28.9. The highest BCUT2D eigenvalue weighted by Gasteiger charge is 2.49. The van der Waals surface area contributed by atoms with Crippen LogP contribution in [0.2, 0.25) is 0 Å². The number of carbonyl (C=O) groups is 4. The number of amides is 4. The number of aromatic nitrogens is 12. The number of aliphatic hydroxyl groups excluding tert-OH is 12. The Morgan fingerprint density at radius 2 is 0.807 bits per heavy atom. The number of nitrogens with one attached hydrogen (secondary N) is 4. The molecule has 0 bridgehead atoms. The number of hydrogen-bond donors (Lipinski definition) is 17. The first-order valence-electron chi connectivity index (χ1n) is 39.2. The van der Waals surface area contributed by atoms with Gasteiger partial charge in [0.2, 0.25) is 23.6 Å². The molecule has 4 amide bonds. The zero-order chi connectivity index (χ0) is 82.2. The Hall–Kier alpha value is -6.13. The quantitative estimate of drug-likeness (QED) is 0.0144. The van der Waals surface area contributed by atoms with Crippen LogP contribution < -0.4 is 21.3 Å². The van der Waals surface area contributed by atoms with Gasteiger partial charge in [-0.3, -0.25) is 43.0 Å². The molecule has 4 aliphatic rings. The van der Waals surface area contributed by atoms with E-state index in [-0.39, 0.29) is 65.2 Å². The molecule has 0 aliphatic carbocycles. The highest BCUT2D eigenvalue weighted by atomic mass is 32.1. The lowest BCUT2D eigenvalue weighted by atomic mass is 9.92. The molecule has 0 saturated carbocycles. The fraction of sp³-hybridized carbons (Fsp3) is 0.829. The molecule has 4 saturated heterocycles. The summed E-state index contributed by atoms with van der Waals surface area (Å²) in [5, 5.41) is 170. The number of thiol groups is 1. The van der Waals surface area contributed by atoms with Crippen molar-refractivity contribution in [2.45, 2.75) is 280 Å². The summed E-state index contributed by atoms with van der Waals surface area (Å²) in [4.78, 5) is 54.6. The summed E-state index contributed by atoms with van der Waals surface area (Å²) in [5.41, 5.74) is 2.48. The number of aryl methyl sites for hydroxylation is 3. The van der Waals surface area contributed by atoms with Gasteiger partial charge in [0.1, 0.15) is 85.3 Å². The average molecular weight is 1650 g/mol. The number of hydrogen-bond acceptors (Lipinski definition) is 36. The molecule has 0 unspecified atom stereocenters. The first-order chi connectivity index (χ1) is 54.9. The molecule has 0 spiro atoms. The SMILES string of the molecule is CC(=O)N[C@H]1[C@H](OCCCCCn2cc(CN(CCCC[C@@H](C(=O)NCCS)N(Cc3cn(CCCCCO[C@@H]4O[C@H](CO)[C@H](O)[C@H](O)[C@H]4NC(C)=O)nn3)Cc3cn(CCOCCO[C@@H]4O[C@H](CO)[C@H](O)[C@H](O)[C@H]4C)nn3)Cc3cn(CCCCCO[C@@H]4O[C@H](CO)[C@H](O)[C@H](O)[C@H]4NC(C)=O)nn3)nn2)O[C@H](CO)[C@H](O)[C@@H]1O. The van der Waals surface area contributed by atoms with Crippen molar-refractivity contribution in [2.75, 3.05) is 84.9 Å². The summed E-state index contributed by atoms with van der Waals surface area (Å²) in [6.45, 7) is 8.00. The summed E-state index contributed by atoms with van der Waals surface area (Å²) in [7, 11) is 0. The minimum Gasteiger partial charge on any atom is -0.394 e. The fourth-order valence-corrected chi connectivity index (χ4v) is 14.0. The van der Waals surface area contributed by atoms with Crippen LogP contribution in [0.5, 0.6) is 0 Å². The maximum Gasteiger partial charge on any atom is 0.237 e. The normalized spacial score (nSPS) is 28.3. The van der Waals surface area contributed by atoms with E-state index in [0.717, 1.165) is 0 Å². The summed E-state index contributed by atoms with van der Waals surface area (Å²) in [6, 6.07) is -3.91. The minimum atomic E-state index is -1.44. The number of carbonyl (C=O) groups excluding carboxylic acids is 4. The fourth-order valence-electron chi connectivity index (χ4n) is 13.9. The van der Waals surface area contributed by atoms with Crippen molar-refractivity contribution < 1.29 is 123 Å². The van der Waals surface area contributed by atoms with E-state index >= 15 is 0 Å². The maximum atomic E-state index is 14.6. The topological polar surface area (TPSA) is 572 Å². The lowest BCUT2D eigenvalue weighted by Crippen LogP contribution is -2.64. The predicted octanol–water partition coefficient (Wildman–Crippen LogP) is -6.16. The highest BCUT2D eigenvalue weighted by Crippen LogP contribution is 2.29. The van der Waals surface area contributed by atoms with Gasteiger partial charge in [0, 0.05) is 129 Å². The van der Waals surface area contributed by atoms with Crippen LogP contribution in [0.1, 0.15) is 128 Å². The van der Waals surface area contributed by atoms with Crippen molar-refractivity contribution in [3.05, 3.63) is 47.6 Å². The van der Waals surface area contributed by atoms with Crippen LogP contribution in [0.3, 0.4) is 0 Å². The second-order valence-corrected chi connectivity index (χ2v) is 29.6. The van der Waals surface area contributed by atoms with Crippen molar-refractivity contribution in [1.82, 2.24) is 91.0 Å². The van der Waals surface area contributed by atoms with Gasteiger partial charge in [-0.2, -0.15) is 12.6 Å². The lowest BCUT2D eigenvalue weighted by Gasteiger charge is -2.42. The average Bonchev–Trinajstić information content (AvgIpc) is 1.08. The van der Waals surface area contributed by atoms with Gasteiger partial charge in [0.15, 0.2) is 25.2 Å². The molecule has 4 fully saturated rings. The molecule has 4 aliphatic heterocycles. The predicted molar refractivity (Wildman–Crippen MR) is 397 cm³/mol. The molecular formula is C70H120N18O25S. The van der Waals surface area contributed by atoms with E-state index in [1.165, 1.54) is 20.8 Å². The summed E-state index contributed by atoms with van der Waals surface area (Å²) < 4.78 is 59.0. The van der Waals surface area contributed by atoms with E-state index in [2.05, 4.69) is 80.0 Å². The second-order valence-electron chi connectivity index (χ2n) is 29.2. The van der Waals surface area contributed by atoms with Gasteiger partial charge >= 0.3 is 0 Å². The van der Waals surface area contributed by atoms with Crippen LogP contribution in [0, 0.1) is 5.92 Å². The molecule has 21 atom stereocenters. The van der Waals surface area contributed by atoms with Gasteiger partial charge in [-0.1, -0.05) is 34.2 Å². The second kappa shape index (κ2) is 48.7. The number of nitrogens with zero attached hydrogens (tertiary/aromatic N) is 14. The largest absolute Gasteiger partial charge is 0.394 e. The first kappa shape index (κ1) is 93.4. The van der Waals surface area contributed by atoms with Crippen molar-refractivity contribution in [2.24, 2.45) is 5.92 Å². The number of unbranched alkanes of at least 4 members (excludes halogenated alkanes) is 7. The Morgan fingerprint density at radius 1 is 0.447 bits per heavy atom. The smallest absolute Gasteiger partial charge is 0.237 e. The first-order valence-corrected chi connectivity index (χ1v) is 39.8. The zero-order valence-electron chi connectivity index (χ0n) is 65.2. The molecule has 43 nitrogen and oxygen atoms in total. The molecule has 16 N–H and O–H groups in total. The summed E-state index contributed by atoms with van der Waals surface area (Å²) in [5.74, 6) is -1.81. The molecule has 8 rings (SSSR count). The van der Waals surface area contributed by atoms with Crippen LogP contribution in [0.15, 0.2) is 24.8 Å². The molecule has 114 heavy (non-hydrogen) atoms. The van der Waals surface area contributed by atoms with Crippen LogP contribution in [0.25, 0.3) is 0 Å². The van der Waals surface area contributed by atoms with Gasteiger partial charge in [-0.05, 0) is 77.2 Å². The molecule has 0 aromatic carbocycles. The van der Waals surface area contributed by atoms with E-state index in [4.69, 9.17) is 42.6 Å². The number of rotatable bonds is 52. The van der Waals surface area contributed by atoms with Crippen LogP contribution in [-0.2, 0) is 114 Å². The molecule has 4 aromatic rings. The summed E-state index contributed by atoms with van der Waals surface area (Å²) >= 11 is 4.42. The van der Waals surface area contributed by atoms with Crippen molar-refractivity contribution in [3.8, 4) is 0 Å². The van der Waals surface area contributed by atoms with Gasteiger partial charge < -0.3 is 125 Å². The molecule has 0 radical (unpaired) electrons. The van der Waals surface area contributed by atoms with Crippen molar-refractivity contribution in [3.63, 3.8) is 0 Å². The summed E-state index contributed by atoms with van der Waals surface area (Å²) in [6.07, 6.45) is -4.88. The van der Waals surface area contributed by atoms with E-state index < -0.39 is 173 Å². The Balaban J connectivity index is 0.915. The third-order valence-electron chi connectivity index (χ3n) is 20.1. The monoisotopic (exact) mass is 1640 g/mol. The molecular weight excluding hydrogens is 1520 g/mol. The molecule has 4 aromatic heterocycles. The van der Waals surface area contributed by atoms with Crippen LogP contribution in [0.4, 0.5) is 0 Å². The van der Waals surface area contributed by atoms with E-state index in [9.17, 15) is 80.5 Å². The maximum absolute atomic E-state index is 14.6. The Morgan fingerprint density at radius 3 is 1.18 bits per heavy atom. The van der Waals surface area contributed by atoms with Crippen LogP contribution >= 0.6 is 12.6 Å². The molecule has 8 heterocycles. The Kier molecular flexibility index (Phi) is 39.9. The Bertz CT molecular complexity index is 3320. The van der Waals surface area contributed by atoms with Gasteiger partial charge in [0.05, 0.1) is 87.7 Å². The van der Waals surface area contributed by atoms with E-state index in [1.54, 1.807) is 31.8 Å². The minimum absolute atomic E-state index is 0.0986. The van der Waals surface area contributed by atoms with Gasteiger partial charge in [-0.25, -0.2) is 4.68 Å². The zero-order valence-corrected chi connectivity index (χ0v) is 66.0. The number of aliphatic hydroxyl groups is 12. The van der Waals surface area contributed by atoms with Gasteiger partial charge in [0.25, 0.3) is 0 Å². The molecule has 646 valence electrons. The lowest BCUT2D eigenvalue weighted by molar-refractivity contribution is -0.284. The molecule has 44 heteroatoms. The van der Waals surface area contributed by atoms with E-state index in [1.807, 2.05) is 23.5 Å². The standard InChI is InChI=1S/C70H120N18O25S/c1-42-58(96)59(97)51(38-89)110-67(42)109-28-27-105-26-22-88-37-49(78-82-88)33-84(32-48-36-87(81-77-48)21-11-7-15-25-108-70-57(74-45(4)95)65(103)62(100)54(41-92)113-70)50(66(104)71-17-29-114)16-8-12-18-83(30-46-34-85(79-75-46)19-9-5-13-23-106-68-55(72-43(2)93)63(101)60(98)52(39-90)111-68)31-47-35-86(80-76-47)20-10-6-14-24-107-69-56(73-44(3)94)64(102)61(99)53(40-91)112-69/h34-37,42,50-65,67-70,89-92,96-103,114H,5-33,38-41H2,1-4H3,(H,71,104)(H,72,93)(H,73,94)(H,74,95)/t42-,50+,51-,52-,53-,54-,55-,56-,57-,58-,59+,60+,61+,62+,63-,64-,65-,67-,68-,69-,70-/m1/s1. The highest BCUT2D eigenvalue weighted by molar-refractivity contribution is 7.80. The Labute approximate surface area is 665 Å².